The zero-order valence-corrected chi connectivity index (χ0v) is 13.0. The van der Waals surface area contributed by atoms with Gasteiger partial charge in [0, 0.05) is 0 Å². The molecule has 0 spiro atoms. The Labute approximate surface area is 195 Å². The molecule has 58 valence electrons. The molecule has 12 heteroatoms. The van der Waals surface area contributed by atoms with Crippen molar-refractivity contribution in [3.05, 3.63) is 15.3 Å². The summed E-state index contributed by atoms with van der Waals surface area (Å²) in [6, 6.07) is 0. The van der Waals surface area contributed by atoms with E-state index in [9.17, 15) is 0 Å². The van der Waals surface area contributed by atoms with Crippen molar-refractivity contribution in [1.29, 1.82) is 0 Å². The molecule has 0 aromatic rings. The van der Waals surface area contributed by atoms with E-state index in [1.165, 1.54) is 0 Å². The van der Waals surface area contributed by atoms with Gasteiger partial charge in [-0.05, 0) is 0 Å². The van der Waals surface area contributed by atoms with Gasteiger partial charge in [0.25, 0.3) is 7.82 Å². The van der Waals surface area contributed by atoms with Gasteiger partial charge < -0.3 is 30.0 Å². The van der Waals surface area contributed by atoms with Crippen LogP contribution >= 0.6 is 7.82 Å². The first-order valence-electron chi connectivity index (χ1n) is 1.31. The van der Waals surface area contributed by atoms with Crippen molar-refractivity contribution in [2.45, 2.75) is 0 Å². The topological polar surface area (TPSA) is 147 Å². The van der Waals surface area contributed by atoms with Crippen LogP contribution < -0.4 is 108 Å². The molecular weight excluding hydrogens is 274 g/mol. The third-order valence-corrected chi connectivity index (χ3v) is 0. The van der Waals surface area contributed by atoms with Gasteiger partial charge in [-0.3, -0.25) is 4.57 Å². The van der Waals surface area contributed by atoms with Crippen molar-refractivity contribution in [3.8, 4) is 0 Å². The third-order valence-electron chi connectivity index (χ3n) is 0. The Morgan fingerprint density at radius 1 is 1.17 bits per heavy atom. The van der Waals surface area contributed by atoms with E-state index in [0.717, 1.165) is 0 Å². The van der Waals surface area contributed by atoms with E-state index < -0.39 is 12.9 Å². The Balaban J connectivity index is -0.0000000221. The zero-order chi connectivity index (χ0) is 8.08. The summed E-state index contributed by atoms with van der Waals surface area (Å²) in [5.41, 5.74) is 0. The molecule has 0 unspecified atom stereocenters. The Bertz CT molecular complexity index is 118. The minimum absolute atomic E-state index is 0. The molecule has 0 aliphatic heterocycles. The van der Waals surface area contributed by atoms with Crippen LogP contribution in [0.1, 0.15) is 0 Å². The molecule has 0 amide bonds. The summed E-state index contributed by atoms with van der Waals surface area (Å²) in [7, 11) is -4.89. The molecule has 0 saturated carbocycles. The summed E-state index contributed by atoms with van der Waals surface area (Å²) < 4.78 is 8.77. The quantitative estimate of drug-likeness (QED) is 0.193. The average molecular weight is 277 g/mol. The summed E-state index contributed by atoms with van der Waals surface area (Å²) in [5.74, 6) is 0. The number of hydrogen-bond donors (Lipinski definition) is 2. The van der Waals surface area contributed by atoms with Gasteiger partial charge in [0.15, 0.2) is 0 Å². The zero-order valence-electron chi connectivity index (χ0n) is 5.83. The molecule has 0 aromatic carbocycles. The summed E-state index contributed by atoms with van der Waals surface area (Å²) in [6.45, 7) is 0. The molecule has 0 bridgehead atoms. The first kappa shape index (κ1) is 29.8. The summed E-state index contributed by atoms with van der Waals surface area (Å²) in [5, 5.41) is 14.8. The second-order valence-corrected chi connectivity index (χ2v) is 1.70. The molecule has 0 aliphatic carbocycles. The van der Waals surface area contributed by atoms with Crippen molar-refractivity contribution >= 4 is 59.2 Å². The number of nitrogens with zero attached hydrogens (tertiary/aromatic N) is 1. The van der Waals surface area contributed by atoms with Crippen molar-refractivity contribution < 1.29 is 127 Å². The van der Waals surface area contributed by atoms with Crippen molar-refractivity contribution in [1.82, 2.24) is 0 Å². The van der Waals surface area contributed by atoms with Gasteiger partial charge >= 0.3 is 154 Å². The van der Waals surface area contributed by atoms with Crippen molar-refractivity contribution in [2.24, 2.45) is 0 Å². The van der Waals surface area contributed by atoms with Crippen LogP contribution in [0.4, 0.5) is 0 Å². The van der Waals surface area contributed by atoms with Crippen LogP contribution in [0.2, 0.25) is 0 Å². The second-order valence-electron chi connectivity index (χ2n) is 0.714. The molecule has 8 nitrogen and oxygen atoms in total. The second kappa shape index (κ2) is 17.6. The monoisotopic (exact) mass is 277 g/mol. The van der Waals surface area contributed by atoms with Gasteiger partial charge in [-0.15, -0.1) is 0 Å². The van der Waals surface area contributed by atoms with Crippen molar-refractivity contribution in [3.63, 3.8) is 0 Å². The van der Waals surface area contributed by atoms with Gasteiger partial charge in [-0.2, -0.15) is 0 Å². The van der Waals surface area contributed by atoms with Crippen LogP contribution in [0.5, 0.6) is 0 Å². The minimum atomic E-state index is -4.89. The van der Waals surface area contributed by atoms with E-state index in [2.05, 4.69) is 0 Å². The third kappa shape index (κ3) is 140. The first-order chi connectivity index (χ1) is 3.73. The fourth-order valence-corrected chi connectivity index (χ4v) is 0. The maximum atomic E-state index is 8.77. The maximum absolute atomic E-state index is 8.77. The molecule has 0 aliphatic rings. The molecule has 0 atom stereocenters. The summed E-state index contributed by atoms with van der Waals surface area (Å²) in [4.78, 5) is 31.2. The summed E-state index contributed by atoms with van der Waals surface area (Å²) in [6.07, 6.45) is 0. The van der Waals surface area contributed by atoms with Crippen LogP contribution in [0.3, 0.4) is 0 Å². The molecule has 0 fully saturated rings. The SMILES string of the molecule is O=P([O-])(O)O.O=[N+]([O-])[O-].[K+].[K+].[KH]. The van der Waals surface area contributed by atoms with E-state index in [-0.39, 0.29) is 154 Å². The van der Waals surface area contributed by atoms with Crippen LogP contribution in [0.25, 0.3) is 0 Å². The molecule has 2 N–H and O–H groups in total. The van der Waals surface area contributed by atoms with Crippen LogP contribution in [-0.4, -0.2) is 66.3 Å². The Morgan fingerprint density at radius 3 is 1.17 bits per heavy atom. The van der Waals surface area contributed by atoms with Gasteiger partial charge in [-0.25, -0.2) is 0 Å². The standard InChI is InChI=1S/3K.NO3.H3O4P.H/c;;;2-1(3)4;1-5(2,3)4;/h;;;;(H3,1,2,3,4);/q;2*+1;-1;;/p-1. The average Bonchev–Trinajstić information content (AvgIpc) is 1.19. The fraction of sp³-hybridized carbons (Fsp3) is 0. The predicted molar refractivity (Wildman–Crippen MR) is 29.6 cm³/mol. The van der Waals surface area contributed by atoms with Crippen LogP contribution in [0.15, 0.2) is 0 Å². The van der Waals surface area contributed by atoms with Crippen LogP contribution in [-0.2, 0) is 4.57 Å². The Kier molecular flexibility index (Phi) is 43.8. The number of hydrogen-bond acceptors (Lipinski definition) is 5. The van der Waals surface area contributed by atoms with Gasteiger partial charge in [0.05, 0.1) is 5.09 Å². The predicted octanol–water partition coefficient (Wildman–Crippen LogP) is -8.44. The first-order valence-corrected chi connectivity index (χ1v) is 2.84. The van der Waals surface area contributed by atoms with E-state index in [4.69, 9.17) is 34.6 Å². The fourth-order valence-electron chi connectivity index (χ4n) is 0. The summed E-state index contributed by atoms with van der Waals surface area (Å²) >= 11 is 0. The molecule has 0 rings (SSSR count). The van der Waals surface area contributed by atoms with E-state index in [1.807, 2.05) is 0 Å². The van der Waals surface area contributed by atoms with Crippen molar-refractivity contribution in [2.75, 3.05) is 0 Å². The number of rotatable bonds is 0. The molecule has 12 heavy (non-hydrogen) atoms. The van der Waals surface area contributed by atoms with Gasteiger partial charge in [0.1, 0.15) is 0 Å². The molecule has 0 radical (unpaired) electrons. The van der Waals surface area contributed by atoms with Gasteiger partial charge in [0.2, 0.25) is 0 Å². The molecule has 0 heterocycles. The van der Waals surface area contributed by atoms with E-state index in [1.54, 1.807) is 0 Å². The Hall–Kier alpha value is 4.22. The van der Waals surface area contributed by atoms with Gasteiger partial charge in [-0.1, -0.05) is 0 Å². The van der Waals surface area contributed by atoms with Crippen LogP contribution in [0, 0.1) is 15.3 Å². The number of phosphoric acid groups is 1. The molecule has 0 saturated heterocycles. The normalized spacial score (nSPS) is 6.92. The molecule has 0 aromatic heterocycles. The van der Waals surface area contributed by atoms with E-state index >= 15 is 0 Å². The molecular formula is H3K3NO7P. The van der Waals surface area contributed by atoms with E-state index in [0.29, 0.717) is 0 Å². The Morgan fingerprint density at radius 2 is 1.17 bits per heavy atom.